The van der Waals surface area contributed by atoms with E-state index < -0.39 is 41.3 Å². The van der Waals surface area contributed by atoms with Gasteiger partial charge in [0.2, 0.25) is 0 Å². The number of hydrogen-bond acceptors (Lipinski definition) is 6. The number of piperazine rings is 1. The summed E-state index contributed by atoms with van der Waals surface area (Å²) in [6.45, 7) is 3.98. The number of rotatable bonds is 3. The van der Waals surface area contributed by atoms with Gasteiger partial charge in [0.1, 0.15) is 12.1 Å². The molecule has 1 aromatic rings. The number of nitrogens with zero attached hydrogens (tertiary/aromatic N) is 3. The van der Waals surface area contributed by atoms with Crippen molar-refractivity contribution < 1.29 is 32.4 Å². The summed E-state index contributed by atoms with van der Waals surface area (Å²) in [7, 11) is 0. The topological polar surface area (TPSA) is 93.0 Å². The van der Waals surface area contributed by atoms with E-state index in [1.165, 1.54) is 29.2 Å². The Kier molecular flexibility index (Phi) is 5.86. The van der Waals surface area contributed by atoms with E-state index in [-0.39, 0.29) is 18.7 Å². The lowest BCUT2D eigenvalue weighted by atomic mass is 10.1. The van der Waals surface area contributed by atoms with Crippen LogP contribution in [0.4, 0.5) is 18.9 Å². The van der Waals surface area contributed by atoms with Gasteiger partial charge < -0.3 is 14.5 Å². The number of amides is 1. The average molecular weight is 403 g/mol. The predicted molar refractivity (Wildman–Crippen MR) is 92.4 cm³/mol. The van der Waals surface area contributed by atoms with E-state index in [1.54, 1.807) is 20.8 Å². The van der Waals surface area contributed by atoms with Gasteiger partial charge in [0, 0.05) is 23.7 Å². The summed E-state index contributed by atoms with van der Waals surface area (Å²) >= 11 is 0. The number of nitro groups is 1. The number of benzene rings is 1. The number of ether oxygens (including phenoxy) is 1. The lowest BCUT2D eigenvalue weighted by molar-refractivity contribution is -0.523. The largest absolute Gasteiger partial charge is 0.471 e. The lowest BCUT2D eigenvalue weighted by Crippen LogP contribution is -2.59. The minimum Gasteiger partial charge on any atom is -0.456 e. The number of carbonyl (C=O) groups excluding carboxylic acids is 2. The van der Waals surface area contributed by atoms with E-state index >= 15 is 0 Å². The SMILES string of the molecule is CC(C)(C)OC(=O)c1ccc(N2CCN(C(=O)C(F)(F)F)CC2[N+](=O)[O-])cc1. The van der Waals surface area contributed by atoms with Crippen LogP contribution >= 0.6 is 0 Å². The van der Waals surface area contributed by atoms with Crippen LogP contribution in [0.15, 0.2) is 24.3 Å². The molecular formula is C17H20F3N3O5. The molecule has 1 saturated heterocycles. The van der Waals surface area contributed by atoms with Crippen LogP contribution in [0.25, 0.3) is 0 Å². The third kappa shape index (κ3) is 5.11. The van der Waals surface area contributed by atoms with Gasteiger partial charge in [-0.15, -0.1) is 0 Å². The van der Waals surface area contributed by atoms with Crippen molar-refractivity contribution in [2.75, 3.05) is 24.5 Å². The fraction of sp³-hybridized carbons (Fsp3) is 0.529. The molecule has 28 heavy (non-hydrogen) atoms. The normalized spacial score (nSPS) is 18.0. The molecule has 154 valence electrons. The third-order valence-corrected chi connectivity index (χ3v) is 3.96. The Bertz CT molecular complexity index is 759. The molecule has 0 bridgehead atoms. The molecule has 1 aliphatic rings. The van der Waals surface area contributed by atoms with Crippen LogP contribution in [-0.2, 0) is 9.53 Å². The first-order valence-electron chi connectivity index (χ1n) is 8.39. The van der Waals surface area contributed by atoms with Crippen LogP contribution in [0.3, 0.4) is 0 Å². The molecule has 0 aliphatic carbocycles. The highest BCUT2D eigenvalue weighted by atomic mass is 19.4. The maximum absolute atomic E-state index is 12.6. The van der Waals surface area contributed by atoms with E-state index in [0.29, 0.717) is 10.6 Å². The maximum Gasteiger partial charge on any atom is 0.471 e. The Hall–Kier alpha value is -2.85. The molecule has 8 nitrogen and oxygen atoms in total. The number of anilines is 1. The van der Waals surface area contributed by atoms with Gasteiger partial charge in [0.25, 0.3) is 0 Å². The van der Waals surface area contributed by atoms with Gasteiger partial charge in [0.15, 0.2) is 0 Å². The first-order valence-corrected chi connectivity index (χ1v) is 8.39. The van der Waals surface area contributed by atoms with Crippen molar-refractivity contribution in [2.24, 2.45) is 0 Å². The molecule has 1 aliphatic heterocycles. The van der Waals surface area contributed by atoms with Gasteiger partial charge in [-0.3, -0.25) is 14.9 Å². The molecule has 0 radical (unpaired) electrons. The zero-order valence-corrected chi connectivity index (χ0v) is 15.5. The van der Waals surface area contributed by atoms with Crippen molar-refractivity contribution in [1.82, 2.24) is 4.90 Å². The summed E-state index contributed by atoms with van der Waals surface area (Å²) in [6, 6.07) is 5.76. The zero-order chi connectivity index (χ0) is 21.3. The Morgan fingerprint density at radius 3 is 2.18 bits per heavy atom. The highest BCUT2D eigenvalue weighted by molar-refractivity contribution is 5.90. The molecule has 0 N–H and O–H groups in total. The Morgan fingerprint density at radius 1 is 1.14 bits per heavy atom. The van der Waals surface area contributed by atoms with Crippen LogP contribution in [0.2, 0.25) is 0 Å². The molecule has 2 rings (SSSR count). The summed E-state index contributed by atoms with van der Waals surface area (Å²) < 4.78 is 43.0. The molecule has 1 unspecified atom stereocenters. The fourth-order valence-corrected chi connectivity index (χ4v) is 2.74. The molecular weight excluding hydrogens is 383 g/mol. The fourth-order valence-electron chi connectivity index (χ4n) is 2.74. The molecule has 1 aromatic carbocycles. The summed E-state index contributed by atoms with van der Waals surface area (Å²) in [5.74, 6) is -2.66. The van der Waals surface area contributed by atoms with Crippen molar-refractivity contribution in [2.45, 2.75) is 38.7 Å². The first-order chi connectivity index (χ1) is 12.8. The van der Waals surface area contributed by atoms with Crippen LogP contribution in [0.5, 0.6) is 0 Å². The monoisotopic (exact) mass is 403 g/mol. The summed E-state index contributed by atoms with van der Waals surface area (Å²) in [4.78, 5) is 35.8. The van der Waals surface area contributed by atoms with Gasteiger partial charge >= 0.3 is 24.2 Å². The Morgan fingerprint density at radius 2 is 1.71 bits per heavy atom. The Labute approximate surface area is 159 Å². The van der Waals surface area contributed by atoms with Crippen molar-refractivity contribution in [3.8, 4) is 0 Å². The molecule has 1 atom stereocenters. The summed E-state index contributed by atoms with van der Waals surface area (Å²) in [5, 5.41) is 11.4. The van der Waals surface area contributed by atoms with Crippen molar-refractivity contribution >= 4 is 17.6 Å². The molecule has 1 fully saturated rings. The number of halogens is 3. The molecule has 1 amide bonds. The molecule has 0 saturated carbocycles. The van der Waals surface area contributed by atoms with Gasteiger partial charge in [-0.1, -0.05) is 0 Å². The molecule has 0 aromatic heterocycles. The minimum atomic E-state index is -5.08. The first kappa shape index (κ1) is 21.5. The van der Waals surface area contributed by atoms with Crippen molar-refractivity contribution in [1.29, 1.82) is 0 Å². The van der Waals surface area contributed by atoms with Crippen molar-refractivity contribution in [3.05, 3.63) is 39.9 Å². The molecule has 11 heteroatoms. The van der Waals surface area contributed by atoms with E-state index in [1.807, 2.05) is 0 Å². The van der Waals surface area contributed by atoms with E-state index in [4.69, 9.17) is 4.74 Å². The lowest BCUT2D eigenvalue weighted by Gasteiger charge is -2.37. The predicted octanol–water partition coefficient (Wildman–Crippen LogP) is 2.46. The van der Waals surface area contributed by atoms with E-state index in [0.717, 1.165) is 0 Å². The van der Waals surface area contributed by atoms with Gasteiger partial charge in [-0.25, -0.2) is 4.79 Å². The highest BCUT2D eigenvalue weighted by Crippen LogP contribution is 2.25. The van der Waals surface area contributed by atoms with Crippen LogP contribution in [0.1, 0.15) is 31.1 Å². The third-order valence-electron chi connectivity index (χ3n) is 3.96. The number of hydrogen-bond donors (Lipinski definition) is 0. The van der Waals surface area contributed by atoms with Crippen molar-refractivity contribution in [3.63, 3.8) is 0 Å². The smallest absolute Gasteiger partial charge is 0.456 e. The van der Waals surface area contributed by atoms with Crippen LogP contribution in [-0.4, -0.2) is 59.3 Å². The summed E-state index contributed by atoms with van der Waals surface area (Å²) in [6.07, 6.45) is -6.62. The minimum absolute atomic E-state index is 0.154. The second-order valence-electron chi connectivity index (χ2n) is 7.26. The van der Waals surface area contributed by atoms with Crippen LogP contribution in [0, 0.1) is 10.1 Å². The van der Waals surface area contributed by atoms with Gasteiger partial charge in [-0.05, 0) is 45.0 Å². The number of alkyl halides is 3. The maximum atomic E-state index is 12.6. The summed E-state index contributed by atoms with van der Waals surface area (Å²) in [5.41, 5.74) is -0.0938. The van der Waals surface area contributed by atoms with Gasteiger partial charge in [0.05, 0.1) is 5.56 Å². The van der Waals surface area contributed by atoms with Crippen LogP contribution < -0.4 is 4.90 Å². The highest BCUT2D eigenvalue weighted by Gasteiger charge is 2.47. The van der Waals surface area contributed by atoms with Gasteiger partial charge in [-0.2, -0.15) is 13.2 Å². The zero-order valence-electron chi connectivity index (χ0n) is 15.5. The molecule has 0 spiro atoms. The quantitative estimate of drug-likeness (QED) is 0.437. The Balaban J connectivity index is 2.17. The standard InChI is InChI=1S/C17H20F3N3O5/c1-16(2,3)28-14(24)11-4-6-12(7-5-11)22-9-8-21(10-13(22)23(26)27)15(25)17(18,19)20/h4-7,13H,8-10H2,1-3H3. The number of carbonyl (C=O) groups is 2. The second kappa shape index (κ2) is 7.64. The average Bonchev–Trinajstić information content (AvgIpc) is 2.58. The number of esters is 1. The van der Waals surface area contributed by atoms with E-state index in [2.05, 4.69) is 0 Å². The molecule has 1 heterocycles. The second-order valence-corrected chi connectivity index (χ2v) is 7.26. The van der Waals surface area contributed by atoms with E-state index in [9.17, 15) is 32.9 Å².